The third-order valence-electron chi connectivity index (χ3n) is 6.51. The van der Waals surface area contributed by atoms with Crippen LogP contribution >= 0.6 is 0 Å². The molecule has 0 bridgehead atoms. The van der Waals surface area contributed by atoms with Gasteiger partial charge in [0, 0.05) is 11.5 Å². The Morgan fingerprint density at radius 3 is 2.50 bits per heavy atom. The summed E-state index contributed by atoms with van der Waals surface area (Å²) < 4.78 is 13.5. The van der Waals surface area contributed by atoms with Crippen molar-refractivity contribution in [3.8, 4) is 0 Å². The van der Waals surface area contributed by atoms with E-state index in [2.05, 4.69) is 30.2 Å². The van der Waals surface area contributed by atoms with Crippen LogP contribution in [0.5, 0.6) is 0 Å². The van der Waals surface area contributed by atoms with Crippen molar-refractivity contribution in [3.63, 3.8) is 0 Å². The second-order valence-corrected chi connectivity index (χ2v) is 10.9. The highest BCUT2D eigenvalue weighted by Crippen LogP contribution is 2.51. The Labute approximate surface area is 188 Å². The molecule has 0 aliphatic heterocycles. The van der Waals surface area contributed by atoms with Gasteiger partial charge in [0.15, 0.2) is 0 Å². The van der Waals surface area contributed by atoms with Crippen LogP contribution in [0.3, 0.4) is 0 Å². The van der Waals surface area contributed by atoms with E-state index in [1.54, 1.807) is 18.3 Å². The number of nitrogens with zero attached hydrogens (tertiary/aromatic N) is 1. The lowest BCUT2D eigenvalue weighted by Crippen LogP contribution is -2.38. The second kappa shape index (κ2) is 7.88. The number of fused-ring (bicyclic) bond motifs is 1. The van der Waals surface area contributed by atoms with Crippen LogP contribution in [-0.4, -0.2) is 16.1 Å². The number of carboxylic acids is 1. The number of carbonyl (C=O) groups is 1. The summed E-state index contributed by atoms with van der Waals surface area (Å²) in [7, 11) is 0. The molecule has 3 aromatic rings. The molecule has 1 saturated carbocycles. The number of anilines is 1. The van der Waals surface area contributed by atoms with Crippen molar-refractivity contribution < 1.29 is 14.3 Å². The summed E-state index contributed by atoms with van der Waals surface area (Å²) in [5.41, 5.74) is 3.78. The van der Waals surface area contributed by atoms with E-state index in [4.69, 9.17) is 0 Å². The van der Waals surface area contributed by atoms with Gasteiger partial charge in [-0.3, -0.25) is 4.98 Å². The maximum Gasteiger partial charge on any atom is 0.335 e. The maximum atomic E-state index is 13.5. The Balaban J connectivity index is 1.73. The van der Waals surface area contributed by atoms with E-state index in [1.165, 1.54) is 12.1 Å². The molecule has 0 radical (unpaired) electrons. The first-order chi connectivity index (χ1) is 14.9. The summed E-state index contributed by atoms with van der Waals surface area (Å²) in [4.78, 5) is 16.3. The first kappa shape index (κ1) is 22.3. The zero-order valence-electron chi connectivity index (χ0n) is 19.4. The van der Waals surface area contributed by atoms with E-state index in [0.29, 0.717) is 22.4 Å². The number of nitrogens with one attached hydrogen (secondary N) is 1. The number of pyridine rings is 1. The smallest absolute Gasteiger partial charge is 0.335 e. The van der Waals surface area contributed by atoms with Crippen LogP contribution < -0.4 is 5.32 Å². The van der Waals surface area contributed by atoms with Gasteiger partial charge in [-0.15, -0.1) is 0 Å². The Hall–Kier alpha value is -2.95. The van der Waals surface area contributed by atoms with Gasteiger partial charge in [0.05, 0.1) is 29.0 Å². The van der Waals surface area contributed by atoms with Crippen molar-refractivity contribution in [1.29, 1.82) is 0 Å². The van der Waals surface area contributed by atoms with Crippen molar-refractivity contribution in [1.82, 2.24) is 4.98 Å². The van der Waals surface area contributed by atoms with Crippen LogP contribution in [0.2, 0.25) is 0 Å². The molecule has 1 fully saturated rings. The first-order valence-electron chi connectivity index (χ1n) is 11.1. The second-order valence-electron chi connectivity index (χ2n) is 10.9. The lowest BCUT2D eigenvalue weighted by atomic mass is 9.61. The molecule has 168 valence electrons. The fourth-order valence-electron chi connectivity index (χ4n) is 4.98. The Morgan fingerprint density at radius 2 is 1.88 bits per heavy atom. The van der Waals surface area contributed by atoms with Crippen LogP contribution in [0.4, 0.5) is 10.1 Å². The summed E-state index contributed by atoms with van der Waals surface area (Å²) in [5, 5.41) is 14.2. The molecule has 1 heterocycles. The molecule has 1 aromatic heterocycles. The fraction of sp³-hybridized carbons (Fsp3) is 0.407. The standard InChI is InChI=1S/C27H31FN2O2/c1-26(2,3)22-11-17(7-9-21(22)25(31)32)24(18-13-27(4,5)14-18)30-20-10-16-6-8-19(28)12-23(16)29-15-20/h6-12,15,18,24,30H,13-14H2,1-5H3,(H,31,32). The summed E-state index contributed by atoms with van der Waals surface area (Å²) in [6.07, 6.45) is 3.92. The molecule has 1 atom stereocenters. The molecule has 2 N–H and O–H groups in total. The number of aromatic nitrogens is 1. The van der Waals surface area contributed by atoms with Gasteiger partial charge >= 0.3 is 5.97 Å². The summed E-state index contributed by atoms with van der Waals surface area (Å²) in [5.74, 6) is -0.771. The number of aromatic carboxylic acids is 1. The molecule has 4 nitrogen and oxygen atoms in total. The Kier molecular flexibility index (Phi) is 5.48. The van der Waals surface area contributed by atoms with Gasteiger partial charge in [0.25, 0.3) is 0 Å². The summed E-state index contributed by atoms with van der Waals surface area (Å²) in [6, 6.07) is 12.4. The van der Waals surface area contributed by atoms with Gasteiger partial charge in [-0.05, 0) is 65.0 Å². The van der Waals surface area contributed by atoms with E-state index in [9.17, 15) is 14.3 Å². The van der Waals surface area contributed by atoms with Crippen molar-refractivity contribution >= 4 is 22.6 Å². The van der Waals surface area contributed by atoms with Gasteiger partial charge < -0.3 is 10.4 Å². The highest BCUT2D eigenvalue weighted by molar-refractivity contribution is 5.90. The van der Waals surface area contributed by atoms with E-state index < -0.39 is 5.97 Å². The zero-order chi connectivity index (χ0) is 23.3. The predicted molar refractivity (Wildman–Crippen MR) is 127 cm³/mol. The van der Waals surface area contributed by atoms with Crippen LogP contribution in [0.25, 0.3) is 10.9 Å². The highest BCUT2D eigenvalue weighted by Gasteiger charge is 2.41. The van der Waals surface area contributed by atoms with E-state index in [0.717, 1.165) is 35.0 Å². The third kappa shape index (κ3) is 4.47. The molecule has 5 heteroatoms. The van der Waals surface area contributed by atoms with Gasteiger partial charge in [0.2, 0.25) is 0 Å². The molecular weight excluding hydrogens is 403 g/mol. The number of halogens is 1. The van der Waals surface area contributed by atoms with E-state index in [-0.39, 0.29) is 17.3 Å². The van der Waals surface area contributed by atoms with E-state index >= 15 is 0 Å². The maximum absolute atomic E-state index is 13.5. The lowest BCUT2D eigenvalue weighted by Gasteiger charge is -2.47. The number of hydrogen-bond acceptors (Lipinski definition) is 3. The molecule has 2 aromatic carbocycles. The predicted octanol–water partition coefficient (Wildman–Crippen LogP) is 6.96. The number of hydrogen-bond donors (Lipinski definition) is 2. The number of rotatable bonds is 5. The van der Waals surface area contributed by atoms with Gasteiger partial charge in [-0.2, -0.15) is 0 Å². The van der Waals surface area contributed by atoms with Crippen molar-refractivity contribution in [2.75, 3.05) is 5.32 Å². The molecule has 1 unspecified atom stereocenters. The Bertz CT molecular complexity index is 1170. The minimum atomic E-state index is -0.901. The molecule has 0 saturated heterocycles. The summed E-state index contributed by atoms with van der Waals surface area (Å²) in [6.45, 7) is 10.7. The SMILES string of the molecule is CC1(C)CC(C(Nc2cnc3cc(F)ccc3c2)c2ccc(C(=O)O)c(C(C)(C)C)c2)C1. The van der Waals surface area contributed by atoms with Crippen LogP contribution in [0.1, 0.15) is 75.0 Å². The molecule has 1 aliphatic rings. The molecule has 4 rings (SSSR count). The monoisotopic (exact) mass is 434 g/mol. The summed E-state index contributed by atoms with van der Waals surface area (Å²) >= 11 is 0. The van der Waals surface area contributed by atoms with Crippen LogP contribution in [-0.2, 0) is 5.41 Å². The van der Waals surface area contributed by atoms with E-state index in [1.807, 2.05) is 32.9 Å². The molecule has 1 aliphatic carbocycles. The van der Waals surface area contributed by atoms with Crippen LogP contribution in [0, 0.1) is 17.2 Å². The first-order valence-corrected chi connectivity index (χ1v) is 11.1. The number of carboxylic acid groups (broad SMARTS) is 1. The topological polar surface area (TPSA) is 62.2 Å². The minimum Gasteiger partial charge on any atom is -0.478 e. The molecule has 0 amide bonds. The lowest BCUT2D eigenvalue weighted by molar-refractivity contribution is 0.0694. The van der Waals surface area contributed by atoms with Crippen molar-refractivity contribution in [3.05, 3.63) is 71.2 Å². The van der Waals surface area contributed by atoms with Crippen LogP contribution in [0.15, 0.2) is 48.7 Å². The zero-order valence-corrected chi connectivity index (χ0v) is 19.4. The average Bonchev–Trinajstić information content (AvgIpc) is 2.69. The highest BCUT2D eigenvalue weighted by atomic mass is 19.1. The quantitative estimate of drug-likeness (QED) is 0.456. The molecular formula is C27H31FN2O2. The fourth-order valence-corrected chi connectivity index (χ4v) is 4.98. The third-order valence-corrected chi connectivity index (χ3v) is 6.51. The molecule has 0 spiro atoms. The van der Waals surface area contributed by atoms with Crippen molar-refractivity contribution in [2.24, 2.45) is 11.3 Å². The van der Waals surface area contributed by atoms with Gasteiger partial charge in [-0.1, -0.05) is 46.8 Å². The largest absolute Gasteiger partial charge is 0.478 e. The molecule has 32 heavy (non-hydrogen) atoms. The minimum absolute atomic E-state index is 0.0340. The van der Waals surface area contributed by atoms with Gasteiger partial charge in [-0.25, -0.2) is 9.18 Å². The number of benzene rings is 2. The average molecular weight is 435 g/mol. The van der Waals surface area contributed by atoms with Gasteiger partial charge in [0.1, 0.15) is 5.82 Å². The normalized spacial score (nSPS) is 17.1. The van der Waals surface area contributed by atoms with Crippen molar-refractivity contribution in [2.45, 2.75) is 58.9 Å². The Morgan fingerprint density at radius 1 is 1.16 bits per heavy atom.